The molecular weight excluding hydrogens is 384 g/mol. The minimum absolute atomic E-state index is 0.00941. The van der Waals surface area contributed by atoms with E-state index in [2.05, 4.69) is 21.2 Å². The molecule has 5 nitrogen and oxygen atoms in total. The van der Waals surface area contributed by atoms with Gasteiger partial charge in [-0.05, 0) is 40.5 Å². The molecule has 0 radical (unpaired) electrons. The molecule has 0 saturated carbocycles. The van der Waals surface area contributed by atoms with Crippen molar-refractivity contribution in [3.63, 3.8) is 0 Å². The highest BCUT2D eigenvalue weighted by Gasteiger charge is 2.14. The third-order valence-corrected chi connectivity index (χ3v) is 6.47. The van der Waals surface area contributed by atoms with Crippen molar-refractivity contribution < 1.29 is 13.2 Å². The van der Waals surface area contributed by atoms with Crippen LogP contribution in [0.2, 0.25) is 0 Å². The molecule has 0 aromatic carbocycles. The molecule has 2 rings (SSSR count). The molecule has 0 saturated heterocycles. The lowest BCUT2D eigenvalue weighted by atomic mass is 10.3. The van der Waals surface area contributed by atoms with Gasteiger partial charge in [-0.1, -0.05) is 0 Å². The van der Waals surface area contributed by atoms with Gasteiger partial charge in [0.05, 0.1) is 9.35 Å². The first-order chi connectivity index (χ1) is 9.36. The summed E-state index contributed by atoms with van der Waals surface area (Å²) in [4.78, 5) is 13.0. The Kier molecular flexibility index (Phi) is 4.97. The summed E-state index contributed by atoms with van der Waals surface area (Å²) in [6, 6.07) is 5.24. The van der Waals surface area contributed by atoms with Crippen molar-refractivity contribution in [1.82, 2.24) is 5.32 Å². The molecule has 0 atom stereocenters. The molecular formula is C11H11BrN2O3S3. The fourth-order valence-corrected chi connectivity index (χ4v) is 4.54. The maximum atomic E-state index is 11.8. The number of carbonyl (C=O) groups is 1. The third-order valence-electron chi connectivity index (χ3n) is 2.40. The van der Waals surface area contributed by atoms with Crippen LogP contribution in [0, 0.1) is 0 Å². The molecule has 0 aliphatic carbocycles. The number of hydrogen-bond donors (Lipinski definition) is 2. The van der Waals surface area contributed by atoms with Gasteiger partial charge in [-0.15, -0.1) is 22.7 Å². The second kappa shape index (κ2) is 6.35. The highest BCUT2D eigenvalue weighted by Crippen LogP contribution is 2.22. The first-order valence-corrected chi connectivity index (χ1v) is 9.53. The van der Waals surface area contributed by atoms with E-state index >= 15 is 0 Å². The van der Waals surface area contributed by atoms with Crippen molar-refractivity contribution in [2.24, 2.45) is 5.14 Å². The van der Waals surface area contributed by atoms with Gasteiger partial charge in [-0.3, -0.25) is 4.79 Å². The Morgan fingerprint density at radius 3 is 2.70 bits per heavy atom. The topological polar surface area (TPSA) is 89.3 Å². The van der Waals surface area contributed by atoms with Gasteiger partial charge in [0.25, 0.3) is 5.91 Å². The predicted molar refractivity (Wildman–Crippen MR) is 83.7 cm³/mol. The van der Waals surface area contributed by atoms with Crippen molar-refractivity contribution in [1.29, 1.82) is 0 Å². The van der Waals surface area contributed by atoms with Crippen molar-refractivity contribution in [2.75, 3.05) is 6.54 Å². The van der Waals surface area contributed by atoms with Gasteiger partial charge in [-0.25, -0.2) is 13.6 Å². The average molecular weight is 395 g/mol. The lowest BCUT2D eigenvalue weighted by Gasteiger charge is -2.01. The Hall–Kier alpha value is -0.740. The van der Waals surface area contributed by atoms with Crippen molar-refractivity contribution >= 4 is 54.5 Å². The summed E-state index contributed by atoms with van der Waals surface area (Å²) in [6.45, 7) is 0.492. The van der Waals surface area contributed by atoms with Gasteiger partial charge < -0.3 is 5.32 Å². The number of thiophene rings is 2. The molecule has 0 aliphatic rings. The molecule has 0 spiro atoms. The summed E-state index contributed by atoms with van der Waals surface area (Å²) in [5.74, 6) is -0.299. The summed E-state index contributed by atoms with van der Waals surface area (Å²) >= 11 is 5.93. The van der Waals surface area contributed by atoms with Gasteiger partial charge in [0.2, 0.25) is 10.0 Å². The molecule has 0 aliphatic heterocycles. The highest BCUT2D eigenvalue weighted by atomic mass is 79.9. The van der Waals surface area contributed by atoms with Crippen molar-refractivity contribution in [2.45, 2.75) is 10.6 Å². The van der Waals surface area contributed by atoms with Gasteiger partial charge in [0.1, 0.15) is 4.21 Å². The Morgan fingerprint density at radius 1 is 1.40 bits per heavy atom. The van der Waals surface area contributed by atoms with Crippen LogP contribution in [0.15, 0.2) is 31.6 Å². The standard InChI is InChI=1S/C11H11BrN2O3S3/c12-9-2-1-8(19-9)3-4-14-11(15)7-5-10(18-6-7)20(13,16)17/h1-2,5-6H,3-4H2,(H,14,15)(H2,13,16,17). The first kappa shape index (κ1) is 15.6. The van der Waals surface area contributed by atoms with E-state index in [1.165, 1.54) is 11.4 Å². The number of hydrogen-bond acceptors (Lipinski definition) is 5. The Labute approximate surface area is 133 Å². The van der Waals surface area contributed by atoms with Crippen LogP contribution in [0.25, 0.3) is 0 Å². The molecule has 0 fully saturated rings. The van der Waals surface area contributed by atoms with E-state index in [1.807, 2.05) is 12.1 Å². The van der Waals surface area contributed by atoms with Crippen LogP contribution in [-0.2, 0) is 16.4 Å². The summed E-state index contributed by atoms with van der Waals surface area (Å²) < 4.78 is 23.3. The molecule has 20 heavy (non-hydrogen) atoms. The summed E-state index contributed by atoms with van der Waals surface area (Å²) in [5, 5.41) is 9.22. The van der Waals surface area contributed by atoms with Gasteiger partial charge in [0.15, 0.2) is 0 Å². The predicted octanol–water partition coefficient (Wildman–Crippen LogP) is 2.19. The molecule has 2 aromatic rings. The highest BCUT2D eigenvalue weighted by molar-refractivity contribution is 9.11. The quantitative estimate of drug-likeness (QED) is 0.814. The summed E-state index contributed by atoms with van der Waals surface area (Å²) in [5.41, 5.74) is 0.311. The monoisotopic (exact) mass is 394 g/mol. The largest absolute Gasteiger partial charge is 0.352 e. The van der Waals surface area contributed by atoms with Gasteiger partial charge in [-0.2, -0.15) is 0 Å². The molecule has 2 aromatic heterocycles. The first-order valence-electron chi connectivity index (χ1n) is 5.50. The zero-order valence-electron chi connectivity index (χ0n) is 10.1. The second-order valence-corrected chi connectivity index (χ2v) is 9.16. The fraction of sp³-hybridized carbons (Fsp3) is 0.182. The minimum Gasteiger partial charge on any atom is -0.352 e. The summed E-state index contributed by atoms with van der Waals surface area (Å²) in [6.07, 6.45) is 0.730. The van der Waals surface area contributed by atoms with Crippen LogP contribution >= 0.6 is 38.6 Å². The average Bonchev–Trinajstić information content (AvgIpc) is 2.97. The number of carbonyl (C=O) groups excluding carboxylic acids is 1. The van der Waals surface area contributed by atoms with E-state index in [4.69, 9.17) is 5.14 Å². The van der Waals surface area contributed by atoms with E-state index in [1.54, 1.807) is 11.3 Å². The number of halogens is 1. The van der Waals surface area contributed by atoms with E-state index in [9.17, 15) is 13.2 Å². The SMILES string of the molecule is NS(=O)(=O)c1cc(C(=O)NCCc2ccc(Br)s2)cs1. The van der Waals surface area contributed by atoms with E-state index in [0.29, 0.717) is 12.1 Å². The van der Waals surface area contributed by atoms with Crippen LogP contribution in [0.1, 0.15) is 15.2 Å². The normalized spacial score (nSPS) is 11.5. The van der Waals surface area contributed by atoms with Crippen LogP contribution in [0.5, 0.6) is 0 Å². The van der Waals surface area contributed by atoms with Crippen LogP contribution in [0.3, 0.4) is 0 Å². The van der Waals surface area contributed by atoms with Gasteiger partial charge >= 0.3 is 0 Å². The molecule has 108 valence electrons. The zero-order valence-corrected chi connectivity index (χ0v) is 14.2. The van der Waals surface area contributed by atoms with Gasteiger partial charge in [0, 0.05) is 16.8 Å². The molecule has 0 unspecified atom stereocenters. The number of nitrogens with two attached hydrogens (primary N) is 1. The maximum Gasteiger partial charge on any atom is 0.252 e. The Morgan fingerprint density at radius 2 is 2.15 bits per heavy atom. The molecule has 0 bridgehead atoms. The van der Waals surface area contributed by atoms with E-state index in [0.717, 1.165) is 26.4 Å². The number of nitrogens with one attached hydrogen (secondary N) is 1. The molecule has 9 heteroatoms. The van der Waals surface area contributed by atoms with E-state index in [-0.39, 0.29) is 10.1 Å². The van der Waals surface area contributed by atoms with Crippen LogP contribution < -0.4 is 10.5 Å². The summed E-state index contributed by atoms with van der Waals surface area (Å²) in [7, 11) is -3.74. The Balaban J connectivity index is 1.90. The fourth-order valence-electron chi connectivity index (χ4n) is 1.47. The van der Waals surface area contributed by atoms with Crippen LogP contribution in [-0.4, -0.2) is 20.9 Å². The molecule has 3 N–H and O–H groups in total. The van der Waals surface area contributed by atoms with E-state index < -0.39 is 10.0 Å². The number of amides is 1. The number of sulfonamides is 1. The lowest BCUT2D eigenvalue weighted by molar-refractivity contribution is 0.0954. The third kappa shape index (κ3) is 4.13. The van der Waals surface area contributed by atoms with Crippen molar-refractivity contribution in [3.8, 4) is 0 Å². The maximum absolute atomic E-state index is 11.8. The number of primary sulfonamides is 1. The van der Waals surface area contributed by atoms with Crippen molar-refractivity contribution in [3.05, 3.63) is 37.8 Å². The number of rotatable bonds is 5. The van der Waals surface area contributed by atoms with Crippen LogP contribution in [0.4, 0.5) is 0 Å². The molecule has 1 amide bonds. The molecule has 2 heterocycles. The lowest BCUT2D eigenvalue weighted by Crippen LogP contribution is -2.25. The Bertz CT molecular complexity index is 721. The second-order valence-electron chi connectivity index (χ2n) is 3.91. The zero-order chi connectivity index (χ0) is 14.8. The smallest absolute Gasteiger partial charge is 0.252 e. The minimum atomic E-state index is -3.74.